The molecule has 0 aromatic carbocycles. The van der Waals surface area contributed by atoms with Crippen LogP contribution in [0.4, 0.5) is 0 Å². The Kier molecular flexibility index (Phi) is 4.53. The first kappa shape index (κ1) is 12.4. The van der Waals surface area contributed by atoms with Crippen molar-refractivity contribution in [3.63, 3.8) is 0 Å². The molecular formula is C9H18N2O3S. The predicted molar refractivity (Wildman–Crippen MR) is 58.3 cm³/mol. The molecule has 0 aliphatic carbocycles. The number of amides is 1. The molecule has 88 valence electrons. The van der Waals surface area contributed by atoms with Crippen LogP contribution in [0.2, 0.25) is 0 Å². The van der Waals surface area contributed by atoms with Gasteiger partial charge in [-0.15, -0.1) is 0 Å². The molecule has 2 N–H and O–H groups in total. The molecule has 0 radical (unpaired) electrons. The number of nitrogens with one attached hydrogen (secondary N) is 2. The van der Waals surface area contributed by atoms with Gasteiger partial charge >= 0.3 is 0 Å². The van der Waals surface area contributed by atoms with E-state index in [4.69, 9.17) is 0 Å². The SMILES string of the molecule is CCNC(=O)CNCC1CCS(=O)(=O)C1. The minimum absolute atomic E-state index is 0.0432. The number of hydrogen-bond donors (Lipinski definition) is 2. The van der Waals surface area contributed by atoms with Crippen LogP contribution >= 0.6 is 0 Å². The van der Waals surface area contributed by atoms with Crippen molar-refractivity contribution < 1.29 is 13.2 Å². The fraction of sp³-hybridized carbons (Fsp3) is 0.889. The lowest BCUT2D eigenvalue weighted by Gasteiger charge is -2.08. The second-order valence-electron chi connectivity index (χ2n) is 3.85. The Morgan fingerprint density at radius 1 is 1.47 bits per heavy atom. The smallest absolute Gasteiger partial charge is 0.233 e. The highest BCUT2D eigenvalue weighted by Crippen LogP contribution is 2.16. The van der Waals surface area contributed by atoms with Crippen LogP contribution in [0.15, 0.2) is 0 Å². The van der Waals surface area contributed by atoms with E-state index in [0.717, 1.165) is 0 Å². The zero-order chi connectivity index (χ0) is 11.3. The van der Waals surface area contributed by atoms with E-state index in [1.54, 1.807) is 0 Å². The number of rotatable bonds is 5. The predicted octanol–water partition coefficient (Wildman–Crippen LogP) is -0.853. The zero-order valence-electron chi connectivity index (χ0n) is 8.95. The van der Waals surface area contributed by atoms with Crippen LogP contribution in [0.3, 0.4) is 0 Å². The van der Waals surface area contributed by atoms with E-state index in [-0.39, 0.29) is 24.1 Å². The second kappa shape index (κ2) is 5.46. The fourth-order valence-electron chi connectivity index (χ4n) is 1.68. The first-order valence-electron chi connectivity index (χ1n) is 5.21. The van der Waals surface area contributed by atoms with Crippen LogP contribution in [0.25, 0.3) is 0 Å². The molecule has 1 rings (SSSR count). The van der Waals surface area contributed by atoms with Gasteiger partial charge in [0.2, 0.25) is 5.91 Å². The molecule has 0 bridgehead atoms. The van der Waals surface area contributed by atoms with Crippen LogP contribution in [0.5, 0.6) is 0 Å². The molecule has 15 heavy (non-hydrogen) atoms. The lowest BCUT2D eigenvalue weighted by Crippen LogP contribution is -2.36. The van der Waals surface area contributed by atoms with Gasteiger partial charge in [-0.2, -0.15) is 0 Å². The minimum Gasteiger partial charge on any atom is -0.355 e. The van der Waals surface area contributed by atoms with Crippen LogP contribution in [-0.2, 0) is 14.6 Å². The minimum atomic E-state index is -2.80. The largest absolute Gasteiger partial charge is 0.355 e. The maximum atomic E-state index is 11.1. The Labute approximate surface area is 90.5 Å². The van der Waals surface area contributed by atoms with E-state index in [1.165, 1.54) is 0 Å². The molecule has 5 nitrogen and oxygen atoms in total. The molecule has 1 amide bonds. The number of carbonyl (C=O) groups is 1. The third kappa shape index (κ3) is 4.61. The molecule has 0 aromatic rings. The summed E-state index contributed by atoms with van der Waals surface area (Å²) in [6, 6.07) is 0. The third-order valence-corrected chi connectivity index (χ3v) is 4.26. The third-order valence-electron chi connectivity index (χ3n) is 2.42. The molecule has 6 heteroatoms. The highest BCUT2D eigenvalue weighted by Gasteiger charge is 2.27. The number of hydrogen-bond acceptors (Lipinski definition) is 4. The first-order chi connectivity index (χ1) is 7.03. The van der Waals surface area contributed by atoms with Gasteiger partial charge in [-0.05, 0) is 25.8 Å². The Balaban J connectivity index is 2.14. The molecule has 1 atom stereocenters. The van der Waals surface area contributed by atoms with Crippen molar-refractivity contribution in [3.05, 3.63) is 0 Å². The van der Waals surface area contributed by atoms with E-state index in [1.807, 2.05) is 6.92 Å². The molecule has 1 saturated heterocycles. The summed E-state index contributed by atoms with van der Waals surface area (Å²) in [5.41, 5.74) is 0. The van der Waals surface area contributed by atoms with Gasteiger partial charge < -0.3 is 10.6 Å². The first-order valence-corrected chi connectivity index (χ1v) is 7.03. The topological polar surface area (TPSA) is 75.3 Å². The highest BCUT2D eigenvalue weighted by molar-refractivity contribution is 7.91. The Morgan fingerprint density at radius 3 is 2.73 bits per heavy atom. The molecule has 1 aliphatic rings. The summed E-state index contributed by atoms with van der Waals surface area (Å²) in [4.78, 5) is 11.1. The summed E-state index contributed by atoms with van der Waals surface area (Å²) >= 11 is 0. The van der Waals surface area contributed by atoms with Crippen molar-refractivity contribution in [2.45, 2.75) is 13.3 Å². The van der Waals surface area contributed by atoms with Gasteiger partial charge in [0.05, 0.1) is 18.1 Å². The Hall–Kier alpha value is -0.620. The normalized spacial score (nSPS) is 23.9. The summed E-state index contributed by atoms with van der Waals surface area (Å²) in [7, 11) is -2.80. The van der Waals surface area contributed by atoms with Crippen molar-refractivity contribution in [2.24, 2.45) is 5.92 Å². The van der Waals surface area contributed by atoms with E-state index >= 15 is 0 Å². The number of sulfone groups is 1. The summed E-state index contributed by atoms with van der Waals surface area (Å²) in [6.45, 7) is 3.36. The monoisotopic (exact) mass is 234 g/mol. The van der Waals surface area contributed by atoms with E-state index in [2.05, 4.69) is 10.6 Å². The molecular weight excluding hydrogens is 216 g/mol. The average molecular weight is 234 g/mol. The number of carbonyl (C=O) groups excluding carboxylic acids is 1. The summed E-state index contributed by atoms with van der Waals surface area (Å²) in [5.74, 6) is 0.679. The van der Waals surface area contributed by atoms with Gasteiger partial charge in [-0.25, -0.2) is 8.42 Å². The molecule has 1 unspecified atom stereocenters. The quantitative estimate of drug-likeness (QED) is 0.649. The summed E-state index contributed by atoms with van der Waals surface area (Å²) in [6.07, 6.45) is 0.713. The van der Waals surface area contributed by atoms with Crippen molar-refractivity contribution in [3.8, 4) is 0 Å². The van der Waals surface area contributed by atoms with Gasteiger partial charge in [0, 0.05) is 6.54 Å². The molecule has 1 fully saturated rings. The van der Waals surface area contributed by atoms with Gasteiger partial charge in [-0.1, -0.05) is 0 Å². The average Bonchev–Trinajstić information content (AvgIpc) is 2.46. The van der Waals surface area contributed by atoms with Gasteiger partial charge in [-0.3, -0.25) is 4.79 Å². The molecule has 0 saturated carbocycles. The molecule has 1 aliphatic heterocycles. The summed E-state index contributed by atoms with van der Waals surface area (Å²) in [5, 5.41) is 5.64. The van der Waals surface area contributed by atoms with Gasteiger partial charge in [0.1, 0.15) is 0 Å². The second-order valence-corrected chi connectivity index (χ2v) is 6.08. The lowest BCUT2D eigenvalue weighted by atomic mass is 10.1. The Bertz CT molecular complexity index is 313. The van der Waals surface area contributed by atoms with E-state index in [9.17, 15) is 13.2 Å². The van der Waals surface area contributed by atoms with Crippen molar-refractivity contribution in [1.82, 2.24) is 10.6 Å². The maximum absolute atomic E-state index is 11.1. The van der Waals surface area contributed by atoms with Crippen molar-refractivity contribution in [2.75, 3.05) is 31.1 Å². The van der Waals surface area contributed by atoms with Gasteiger partial charge in [0.15, 0.2) is 9.84 Å². The molecule has 0 aromatic heterocycles. The lowest BCUT2D eigenvalue weighted by molar-refractivity contribution is -0.120. The highest BCUT2D eigenvalue weighted by atomic mass is 32.2. The van der Waals surface area contributed by atoms with Crippen LogP contribution in [0, 0.1) is 5.92 Å². The fourth-order valence-corrected chi connectivity index (χ4v) is 3.54. The maximum Gasteiger partial charge on any atom is 0.233 e. The molecule has 0 spiro atoms. The van der Waals surface area contributed by atoms with Gasteiger partial charge in [0.25, 0.3) is 0 Å². The van der Waals surface area contributed by atoms with Crippen LogP contribution in [-0.4, -0.2) is 45.5 Å². The zero-order valence-corrected chi connectivity index (χ0v) is 9.77. The standard InChI is InChI=1S/C9H18N2O3S/c1-2-11-9(12)6-10-5-8-3-4-15(13,14)7-8/h8,10H,2-7H2,1H3,(H,11,12). The number of likely N-dealkylation sites (N-methyl/N-ethyl adjacent to an activating group) is 1. The van der Waals surface area contributed by atoms with Crippen LogP contribution in [0.1, 0.15) is 13.3 Å². The Morgan fingerprint density at radius 2 is 2.20 bits per heavy atom. The van der Waals surface area contributed by atoms with Crippen molar-refractivity contribution >= 4 is 15.7 Å². The molecule has 1 heterocycles. The van der Waals surface area contributed by atoms with E-state index < -0.39 is 9.84 Å². The van der Waals surface area contributed by atoms with Crippen LogP contribution < -0.4 is 10.6 Å². The van der Waals surface area contributed by atoms with E-state index in [0.29, 0.717) is 25.3 Å². The van der Waals surface area contributed by atoms with Crippen molar-refractivity contribution in [1.29, 1.82) is 0 Å². The summed E-state index contributed by atoms with van der Waals surface area (Å²) < 4.78 is 22.3.